The molecule has 1 saturated carbocycles. The van der Waals surface area contributed by atoms with Crippen LogP contribution in [-0.2, 0) is 5.41 Å². The van der Waals surface area contributed by atoms with Crippen molar-refractivity contribution < 1.29 is 0 Å². The Morgan fingerprint density at radius 2 is 0.807 bits per heavy atom. The van der Waals surface area contributed by atoms with Crippen molar-refractivity contribution in [3.05, 3.63) is 228 Å². The molecular formula is C57H42. The highest BCUT2D eigenvalue weighted by molar-refractivity contribution is 6.21. The second-order valence-electron chi connectivity index (χ2n) is 15.9. The van der Waals surface area contributed by atoms with Crippen LogP contribution >= 0.6 is 0 Å². The minimum atomic E-state index is 0.172. The lowest BCUT2D eigenvalue weighted by atomic mass is 9.76. The molecule has 270 valence electrons. The second kappa shape index (κ2) is 13.8. The quantitative estimate of drug-likeness (QED) is 0.118. The predicted octanol–water partition coefficient (Wildman–Crippen LogP) is 15.4. The van der Waals surface area contributed by atoms with Gasteiger partial charge in [0.25, 0.3) is 0 Å². The smallest absolute Gasteiger partial charge is 0.0215 e. The minimum Gasteiger partial charge on any atom is -0.0622 e. The van der Waals surface area contributed by atoms with Crippen LogP contribution in [-0.4, -0.2) is 0 Å². The highest BCUT2D eigenvalue weighted by Gasteiger charge is 2.44. The number of fused-ring (bicyclic) bond motifs is 7. The molecule has 0 nitrogen and oxygen atoms in total. The first kappa shape index (κ1) is 33.6. The molecule has 0 heteroatoms. The molecule has 9 aromatic carbocycles. The van der Waals surface area contributed by atoms with E-state index in [-0.39, 0.29) is 5.41 Å². The molecule has 0 amide bonds. The van der Waals surface area contributed by atoms with Crippen molar-refractivity contribution in [1.29, 1.82) is 0 Å². The monoisotopic (exact) mass is 726 g/mol. The van der Waals surface area contributed by atoms with E-state index >= 15 is 0 Å². The van der Waals surface area contributed by atoms with Crippen molar-refractivity contribution in [3.8, 4) is 44.5 Å². The van der Waals surface area contributed by atoms with Crippen LogP contribution < -0.4 is 0 Å². The van der Waals surface area contributed by atoms with Crippen molar-refractivity contribution in [2.45, 2.75) is 31.1 Å². The summed E-state index contributed by atoms with van der Waals surface area (Å²) >= 11 is 0. The summed E-state index contributed by atoms with van der Waals surface area (Å²) < 4.78 is 0. The van der Waals surface area contributed by atoms with Crippen LogP contribution in [0.3, 0.4) is 0 Å². The Kier molecular flexibility index (Phi) is 8.11. The predicted molar refractivity (Wildman–Crippen MR) is 242 cm³/mol. The largest absolute Gasteiger partial charge is 0.0622 e. The van der Waals surface area contributed by atoms with E-state index in [4.69, 9.17) is 0 Å². The Morgan fingerprint density at radius 1 is 0.368 bits per heavy atom. The average molecular weight is 727 g/mol. The van der Waals surface area contributed by atoms with Gasteiger partial charge in [-0.25, -0.2) is 0 Å². The number of rotatable bonds is 6. The minimum absolute atomic E-state index is 0.172. The molecule has 2 aliphatic rings. The molecule has 9 aromatic rings. The molecule has 0 aromatic heterocycles. The van der Waals surface area contributed by atoms with Crippen molar-refractivity contribution >= 4 is 33.2 Å². The third kappa shape index (κ3) is 5.59. The SMILES string of the molecule is C(=C(c1ccccc1)c1ccccc1)c1ccc(-c2c3ccccc3c(-c3ccc(-c4ccc5c(c4)C4(CCCC4)c4ccccc4-5)cc3)c3ccccc23)cc1. The summed E-state index contributed by atoms with van der Waals surface area (Å²) in [5.74, 6) is 0. The van der Waals surface area contributed by atoms with E-state index in [0.29, 0.717) is 0 Å². The maximum Gasteiger partial charge on any atom is 0.0215 e. The molecule has 0 aliphatic heterocycles. The van der Waals surface area contributed by atoms with Gasteiger partial charge in [-0.3, -0.25) is 0 Å². The second-order valence-corrected chi connectivity index (χ2v) is 15.9. The van der Waals surface area contributed by atoms with E-state index in [9.17, 15) is 0 Å². The molecule has 0 bridgehead atoms. The molecule has 1 spiro atoms. The molecule has 0 saturated heterocycles. The van der Waals surface area contributed by atoms with Crippen LogP contribution in [0.4, 0.5) is 0 Å². The van der Waals surface area contributed by atoms with Crippen molar-refractivity contribution in [3.63, 3.8) is 0 Å². The molecule has 57 heavy (non-hydrogen) atoms. The Morgan fingerprint density at radius 3 is 1.37 bits per heavy atom. The Labute approximate surface area is 335 Å². The summed E-state index contributed by atoms with van der Waals surface area (Å²) in [6.45, 7) is 0. The molecule has 1 fully saturated rings. The maximum absolute atomic E-state index is 2.51. The van der Waals surface area contributed by atoms with E-state index in [0.717, 1.165) is 0 Å². The number of benzene rings is 9. The number of hydrogen-bond donors (Lipinski definition) is 0. The molecular weight excluding hydrogens is 685 g/mol. The normalized spacial score (nSPS) is 13.8. The third-order valence-electron chi connectivity index (χ3n) is 12.8. The fourth-order valence-electron chi connectivity index (χ4n) is 10.2. The van der Waals surface area contributed by atoms with Crippen LogP contribution in [0.5, 0.6) is 0 Å². The number of hydrogen-bond acceptors (Lipinski definition) is 0. The van der Waals surface area contributed by atoms with Crippen molar-refractivity contribution in [1.82, 2.24) is 0 Å². The van der Waals surface area contributed by atoms with Gasteiger partial charge in [-0.1, -0.05) is 207 Å². The van der Waals surface area contributed by atoms with E-state index in [1.165, 1.54) is 120 Å². The van der Waals surface area contributed by atoms with Gasteiger partial charge in [0, 0.05) is 5.41 Å². The van der Waals surface area contributed by atoms with Gasteiger partial charge in [-0.05, 0) is 124 Å². The van der Waals surface area contributed by atoms with Crippen molar-refractivity contribution in [2.75, 3.05) is 0 Å². The van der Waals surface area contributed by atoms with Gasteiger partial charge in [0.1, 0.15) is 0 Å². The zero-order valence-electron chi connectivity index (χ0n) is 32.0. The summed E-state index contributed by atoms with van der Waals surface area (Å²) in [5, 5.41) is 5.09. The maximum atomic E-state index is 2.51. The highest BCUT2D eigenvalue weighted by atomic mass is 14.5. The van der Waals surface area contributed by atoms with Gasteiger partial charge in [0.2, 0.25) is 0 Å². The molecule has 11 rings (SSSR count). The molecule has 0 unspecified atom stereocenters. The van der Waals surface area contributed by atoms with Gasteiger partial charge in [-0.2, -0.15) is 0 Å². The van der Waals surface area contributed by atoms with Crippen molar-refractivity contribution in [2.24, 2.45) is 0 Å². The van der Waals surface area contributed by atoms with Gasteiger partial charge < -0.3 is 0 Å². The fraction of sp³-hybridized carbons (Fsp3) is 0.0877. The van der Waals surface area contributed by atoms with Crippen LogP contribution in [0.1, 0.15) is 53.5 Å². The Balaban J connectivity index is 0.986. The van der Waals surface area contributed by atoms with Gasteiger partial charge >= 0.3 is 0 Å². The molecule has 0 radical (unpaired) electrons. The van der Waals surface area contributed by atoms with Crippen LogP contribution in [0.15, 0.2) is 200 Å². The van der Waals surface area contributed by atoms with E-state index in [2.05, 4.69) is 206 Å². The van der Waals surface area contributed by atoms with E-state index in [1.807, 2.05) is 0 Å². The first-order valence-corrected chi connectivity index (χ1v) is 20.5. The summed E-state index contributed by atoms with van der Waals surface area (Å²) in [6, 6.07) is 74.2. The Bertz CT molecular complexity index is 2860. The lowest BCUT2D eigenvalue weighted by Gasteiger charge is -2.27. The zero-order chi connectivity index (χ0) is 37.8. The molecule has 0 heterocycles. The summed E-state index contributed by atoms with van der Waals surface area (Å²) in [7, 11) is 0. The average Bonchev–Trinajstić information content (AvgIpc) is 3.89. The standard InChI is InChI=1S/C57H42/c1-3-15-41(16-4-1)52(42-17-5-2-6-18-42)37-39-25-27-43(28-26-39)55-48-20-7-9-22-50(48)56(51-23-10-8-21-49(51)55)44-31-29-40(30-32-44)45-33-34-47-46-19-11-12-24-53(46)57(54(47)38-45)35-13-14-36-57/h1-12,15-34,37-38H,13-14,35-36H2. The summed E-state index contributed by atoms with van der Waals surface area (Å²) in [5.41, 5.74) is 18.6. The molecule has 0 N–H and O–H groups in total. The fourth-order valence-corrected chi connectivity index (χ4v) is 10.2. The highest BCUT2D eigenvalue weighted by Crippen LogP contribution is 2.57. The molecule has 0 atom stereocenters. The van der Waals surface area contributed by atoms with Gasteiger partial charge in [0.15, 0.2) is 0 Å². The van der Waals surface area contributed by atoms with E-state index in [1.54, 1.807) is 5.56 Å². The first-order valence-electron chi connectivity index (χ1n) is 20.5. The lowest BCUT2D eigenvalue weighted by Crippen LogP contribution is -2.20. The van der Waals surface area contributed by atoms with Crippen LogP contribution in [0, 0.1) is 0 Å². The van der Waals surface area contributed by atoms with Crippen LogP contribution in [0.2, 0.25) is 0 Å². The third-order valence-corrected chi connectivity index (χ3v) is 12.8. The first-order chi connectivity index (χ1) is 28.2. The van der Waals surface area contributed by atoms with Gasteiger partial charge in [0.05, 0.1) is 0 Å². The van der Waals surface area contributed by atoms with Gasteiger partial charge in [-0.15, -0.1) is 0 Å². The topological polar surface area (TPSA) is 0 Å². The summed E-state index contributed by atoms with van der Waals surface area (Å²) in [4.78, 5) is 0. The zero-order valence-corrected chi connectivity index (χ0v) is 32.0. The lowest BCUT2D eigenvalue weighted by molar-refractivity contribution is 0.550. The summed E-state index contributed by atoms with van der Waals surface area (Å²) in [6.07, 6.45) is 7.42. The molecule has 2 aliphatic carbocycles. The van der Waals surface area contributed by atoms with E-state index < -0.39 is 0 Å². The Hall–Kier alpha value is -6.76. The van der Waals surface area contributed by atoms with Crippen LogP contribution in [0.25, 0.3) is 77.7 Å².